The normalized spacial score (nSPS) is 11.9. The first-order chi connectivity index (χ1) is 11.5. The van der Waals surface area contributed by atoms with E-state index in [1.54, 1.807) is 0 Å². The summed E-state index contributed by atoms with van der Waals surface area (Å²) >= 11 is 0. The number of aromatic nitrogens is 2. The van der Waals surface area contributed by atoms with E-state index < -0.39 is 0 Å². The summed E-state index contributed by atoms with van der Waals surface area (Å²) < 4.78 is 0. The van der Waals surface area contributed by atoms with Crippen LogP contribution in [0.15, 0.2) is 36.5 Å². The molecule has 24 heavy (non-hydrogen) atoms. The SMILES string of the molecule is CCN(CC)c1ncc(N(C)C)c(N[C@H](C)Cc2ccccc2)n1. The maximum Gasteiger partial charge on any atom is 0.227 e. The molecule has 1 atom stereocenters. The van der Waals surface area contributed by atoms with Crippen LogP contribution in [0.1, 0.15) is 26.3 Å². The molecule has 0 aliphatic heterocycles. The molecule has 5 nitrogen and oxygen atoms in total. The molecule has 1 aromatic carbocycles. The molecule has 0 radical (unpaired) electrons. The monoisotopic (exact) mass is 327 g/mol. The van der Waals surface area contributed by atoms with Crippen molar-refractivity contribution in [3.05, 3.63) is 42.1 Å². The number of anilines is 3. The van der Waals surface area contributed by atoms with Crippen LogP contribution in [-0.2, 0) is 6.42 Å². The van der Waals surface area contributed by atoms with E-state index >= 15 is 0 Å². The van der Waals surface area contributed by atoms with E-state index in [9.17, 15) is 0 Å². The van der Waals surface area contributed by atoms with Crippen LogP contribution in [0.3, 0.4) is 0 Å². The summed E-state index contributed by atoms with van der Waals surface area (Å²) in [5.74, 6) is 1.67. The van der Waals surface area contributed by atoms with Gasteiger partial charge in [0.05, 0.1) is 11.9 Å². The molecular weight excluding hydrogens is 298 g/mol. The third kappa shape index (κ3) is 4.60. The van der Waals surface area contributed by atoms with Crippen LogP contribution in [0.5, 0.6) is 0 Å². The van der Waals surface area contributed by atoms with Gasteiger partial charge in [0.25, 0.3) is 0 Å². The zero-order valence-electron chi connectivity index (χ0n) is 15.5. The average Bonchev–Trinajstić information content (AvgIpc) is 2.56. The Hall–Kier alpha value is -2.30. The Bertz CT molecular complexity index is 623. The molecule has 0 unspecified atom stereocenters. The van der Waals surface area contributed by atoms with Crippen LogP contribution in [0, 0.1) is 0 Å². The average molecular weight is 327 g/mol. The Morgan fingerprint density at radius 2 is 1.75 bits per heavy atom. The number of hydrogen-bond acceptors (Lipinski definition) is 5. The van der Waals surface area contributed by atoms with Crippen molar-refractivity contribution >= 4 is 17.5 Å². The smallest absolute Gasteiger partial charge is 0.227 e. The molecule has 0 bridgehead atoms. The highest BCUT2D eigenvalue weighted by Gasteiger charge is 2.14. The van der Waals surface area contributed by atoms with Crippen molar-refractivity contribution in [2.24, 2.45) is 0 Å². The highest BCUT2D eigenvalue weighted by Crippen LogP contribution is 2.24. The van der Waals surface area contributed by atoms with Crippen molar-refractivity contribution in [2.75, 3.05) is 42.3 Å². The van der Waals surface area contributed by atoms with Gasteiger partial charge in [-0.05, 0) is 32.8 Å². The van der Waals surface area contributed by atoms with E-state index in [4.69, 9.17) is 4.98 Å². The molecule has 0 saturated carbocycles. The molecular formula is C19H29N5. The van der Waals surface area contributed by atoms with E-state index in [2.05, 4.69) is 60.2 Å². The van der Waals surface area contributed by atoms with Crippen LogP contribution < -0.4 is 15.1 Å². The Kier molecular flexibility index (Phi) is 6.41. The molecule has 5 heteroatoms. The Morgan fingerprint density at radius 1 is 1.08 bits per heavy atom. The molecule has 0 saturated heterocycles. The highest BCUT2D eigenvalue weighted by atomic mass is 15.3. The summed E-state index contributed by atoms with van der Waals surface area (Å²) in [6.45, 7) is 8.23. The molecule has 1 heterocycles. The number of benzene rings is 1. The summed E-state index contributed by atoms with van der Waals surface area (Å²) in [5.41, 5.74) is 2.33. The maximum absolute atomic E-state index is 4.78. The first-order valence-corrected chi connectivity index (χ1v) is 8.64. The Morgan fingerprint density at radius 3 is 2.33 bits per heavy atom. The number of nitrogens with one attached hydrogen (secondary N) is 1. The zero-order chi connectivity index (χ0) is 17.5. The molecule has 0 aliphatic rings. The lowest BCUT2D eigenvalue weighted by Crippen LogP contribution is -2.27. The minimum atomic E-state index is 0.283. The zero-order valence-corrected chi connectivity index (χ0v) is 15.5. The second-order valence-corrected chi connectivity index (χ2v) is 6.21. The van der Waals surface area contributed by atoms with Crippen molar-refractivity contribution in [2.45, 2.75) is 33.2 Å². The summed E-state index contributed by atoms with van der Waals surface area (Å²) in [5, 5.41) is 3.56. The third-order valence-electron chi connectivity index (χ3n) is 4.05. The fraction of sp³-hybridized carbons (Fsp3) is 0.474. The fourth-order valence-electron chi connectivity index (χ4n) is 2.71. The van der Waals surface area contributed by atoms with Gasteiger partial charge in [0, 0.05) is 33.2 Å². The first-order valence-electron chi connectivity index (χ1n) is 8.64. The van der Waals surface area contributed by atoms with Crippen molar-refractivity contribution in [3.8, 4) is 0 Å². The van der Waals surface area contributed by atoms with E-state index in [-0.39, 0.29) is 6.04 Å². The van der Waals surface area contributed by atoms with Gasteiger partial charge in [-0.2, -0.15) is 4.98 Å². The van der Waals surface area contributed by atoms with Gasteiger partial charge in [-0.25, -0.2) is 4.98 Å². The van der Waals surface area contributed by atoms with Crippen molar-refractivity contribution in [1.82, 2.24) is 9.97 Å². The minimum Gasteiger partial charge on any atom is -0.373 e. The van der Waals surface area contributed by atoms with E-state index in [1.165, 1.54) is 5.56 Å². The Balaban J connectivity index is 2.20. The first kappa shape index (κ1) is 18.0. The van der Waals surface area contributed by atoms with Gasteiger partial charge in [-0.1, -0.05) is 30.3 Å². The third-order valence-corrected chi connectivity index (χ3v) is 4.05. The molecule has 0 amide bonds. The van der Waals surface area contributed by atoms with Gasteiger partial charge in [0.1, 0.15) is 0 Å². The molecule has 2 rings (SSSR count). The van der Waals surface area contributed by atoms with Crippen LogP contribution in [0.25, 0.3) is 0 Å². The molecule has 0 aliphatic carbocycles. The fourth-order valence-corrected chi connectivity index (χ4v) is 2.71. The number of nitrogens with zero attached hydrogens (tertiary/aromatic N) is 4. The van der Waals surface area contributed by atoms with Gasteiger partial charge in [0.2, 0.25) is 5.95 Å². The van der Waals surface area contributed by atoms with Crippen molar-refractivity contribution < 1.29 is 0 Å². The van der Waals surface area contributed by atoms with Gasteiger partial charge in [0.15, 0.2) is 5.82 Å². The molecule has 130 valence electrons. The number of rotatable bonds is 8. The quantitative estimate of drug-likeness (QED) is 0.805. The molecule has 0 fully saturated rings. The van der Waals surface area contributed by atoms with E-state index in [0.717, 1.165) is 37.0 Å². The van der Waals surface area contributed by atoms with Crippen molar-refractivity contribution in [3.63, 3.8) is 0 Å². The van der Waals surface area contributed by atoms with E-state index in [1.807, 2.05) is 31.3 Å². The van der Waals surface area contributed by atoms with Crippen molar-refractivity contribution in [1.29, 1.82) is 0 Å². The summed E-state index contributed by atoms with van der Waals surface area (Å²) in [6.07, 6.45) is 2.86. The lowest BCUT2D eigenvalue weighted by atomic mass is 10.1. The summed E-state index contributed by atoms with van der Waals surface area (Å²) in [6, 6.07) is 10.8. The topological polar surface area (TPSA) is 44.3 Å². The van der Waals surface area contributed by atoms with Gasteiger partial charge >= 0.3 is 0 Å². The van der Waals surface area contributed by atoms with Crippen LogP contribution >= 0.6 is 0 Å². The van der Waals surface area contributed by atoms with Crippen LogP contribution in [0.2, 0.25) is 0 Å². The van der Waals surface area contributed by atoms with Crippen LogP contribution in [-0.4, -0.2) is 43.2 Å². The summed E-state index contributed by atoms with van der Waals surface area (Å²) in [7, 11) is 4.03. The molecule has 2 aromatic rings. The standard InChI is InChI=1S/C19H29N5/c1-6-24(7-2)19-20-14-17(23(4)5)18(22-19)21-15(3)13-16-11-9-8-10-12-16/h8-12,14-15H,6-7,13H2,1-5H3,(H,20,21,22)/t15-/m1/s1. The van der Waals surface area contributed by atoms with Gasteiger partial charge < -0.3 is 15.1 Å². The predicted molar refractivity (Wildman–Crippen MR) is 103 cm³/mol. The highest BCUT2D eigenvalue weighted by molar-refractivity contribution is 5.66. The lowest BCUT2D eigenvalue weighted by Gasteiger charge is -2.24. The second-order valence-electron chi connectivity index (χ2n) is 6.21. The van der Waals surface area contributed by atoms with Gasteiger partial charge in [-0.3, -0.25) is 0 Å². The predicted octanol–water partition coefficient (Wildman–Crippen LogP) is 3.43. The largest absolute Gasteiger partial charge is 0.373 e. The van der Waals surface area contributed by atoms with E-state index in [0.29, 0.717) is 0 Å². The molecule has 1 N–H and O–H groups in total. The second kappa shape index (κ2) is 8.52. The van der Waals surface area contributed by atoms with Gasteiger partial charge in [-0.15, -0.1) is 0 Å². The van der Waals surface area contributed by atoms with Crippen LogP contribution in [0.4, 0.5) is 17.5 Å². The summed E-state index contributed by atoms with van der Waals surface area (Å²) in [4.78, 5) is 13.5. The molecule has 1 aromatic heterocycles. The maximum atomic E-state index is 4.78. The Labute approximate surface area is 145 Å². The molecule has 0 spiro atoms. The lowest BCUT2D eigenvalue weighted by molar-refractivity contribution is 0.775. The minimum absolute atomic E-state index is 0.283. The number of hydrogen-bond donors (Lipinski definition) is 1.